The molecule has 0 radical (unpaired) electrons. The Balaban J connectivity index is 1.56. The topological polar surface area (TPSA) is 63.4 Å². The van der Waals surface area contributed by atoms with Gasteiger partial charge in [-0.3, -0.25) is 0 Å². The zero-order valence-corrected chi connectivity index (χ0v) is 19.5. The molecule has 1 saturated heterocycles. The highest BCUT2D eigenvalue weighted by atomic mass is 35.5. The molecule has 2 aromatic carbocycles. The van der Waals surface area contributed by atoms with Gasteiger partial charge in [-0.05, 0) is 73.9 Å². The molecule has 9 heteroatoms. The summed E-state index contributed by atoms with van der Waals surface area (Å²) in [5.41, 5.74) is 3.38. The first-order valence-corrected chi connectivity index (χ1v) is 11.5. The summed E-state index contributed by atoms with van der Waals surface area (Å²) in [4.78, 5) is 6.68. The molecule has 3 aromatic rings. The molecule has 1 fully saturated rings. The number of thiocarbonyl (C=S) groups is 1. The van der Waals surface area contributed by atoms with E-state index in [-0.39, 0.29) is 18.0 Å². The van der Waals surface area contributed by atoms with Crippen LogP contribution in [0.5, 0.6) is 0 Å². The van der Waals surface area contributed by atoms with Gasteiger partial charge < -0.3 is 19.5 Å². The molecule has 33 heavy (non-hydrogen) atoms. The van der Waals surface area contributed by atoms with Gasteiger partial charge in [0, 0.05) is 22.9 Å². The van der Waals surface area contributed by atoms with Crippen LogP contribution in [-0.2, 0) is 4.74 Å². The van der Waals surface area contributed by atoms with Gasteiger partial charge in [0.2, 0.25) is 5.82 Å². The van der Waals surface area contributed by atoms with E-state index < -0.39 is 0 Å². The van der Waals surface area contributed by atoms with Crippen LogP contribution in [0.1, 0.15) is 37.3 Å². The number of hydrogen-bond acceptors (Lipinski definition) is 5. The molecule has 2 atom stereocenters. The Labute approximate surface area is 201 Å². The van der Waals surface area contributed by atoms with Crippen LogP contribution in [0.2, 0.25) is 5.02 Å². The van der Waals surface area contributed by atoms with E-state index >= 15 is 0 Å². The zero-order chi connectivity index (χ0) is 22.9. The first-order chi connectivity index (χ1) is 16.0. The fourth-order valence-corrected chi connectivity index (χ4v) is 4.68. The van der Waals surface area contributed by atoms with Gasteiger partial charge in [0.05, 0.1) is 24.3 Å². The van der Waals surface area contributed by atoms with Gasteiger partial charge in [0.25, 0.3) is 5.89 Å². The molecule has 0 bridgehead atoms. The molecular weight excluding hydrogens is 463 g/mol. The van der Waals surface area contributed by atoms with Gasteiger partial charge in [0.15, 0.2) is 5.11 Å². The SMILES string of the molecule is CC1=C(c2nc(-c3ccc(F)cc3)no2)C(c2ccc(Cl)cc2)NC(=S)N1CC1CCCO1. The van der Waals surface area contributed by atoms with E-state index in [4.69, 9.17) is 33.1 Å². The number of halogens is 2. The van der Waals surface area contributed by atoms with E-state index in [1.54, 1.807) is 12.1 Å². The summed E-state index contributed by atoms with van der Waals surface area (Å²) in [6.07, 6.45) is 2.16. The van der Waals surface area contributed by atoms with E-state index in [0.29, 0.717) is 34.0 Å². The van der Waals surface area contributed by atoms with Crippen molar-refractivity contribution in [2.45, 2.75) is 31.9 Å². The second-order valence-corrected chi connectivity index (χ2v) is 8.93. The maximum absolute atomic E-state index is 13.3. The number of nitrogens with zero attached hydrogens (tertiary/aromatic N) is 3. The average molecular weight is 485 g/mol. The lowest BCUT2D eigenvalue weighted by molar-refractivity contribution is 0.0962. The summed E-state index contributed by atoms with van der Waals surface area (Å²) in [5, 5.41) is 8.85. The Bertz CT molecular complexity index is 1190. The smallest absolute Gasteiger partial charge is 0.258 e. The highest BCUT2D eigenvalue weighted by molar-refractivity contribution is 7.80. The van der Waals surface area contributed by atoms with Crippen LogP contribution in [-0.4, -0.2) is 39.4 Å². The number of aromatic nitrogens is 2. The van der Waals surface area contributed by atoms with Crippen molar-refractivity contribution < 1.29 is 13.7 Å². The average Bonchev–Trinajstić information content (AvgIpc) is 3.50. The maximum Gasteiger partial charge on any atom is 0.258 e. The van der Waals surface area contributed by atoms with Gasteiger partial charge in [-0.2, -0.15) is 4.98 Å². The monoisotopic (exact) mass is 484 g/mol. The third-order valence-corrected chi connectivity index (χ3v) is 6.56. The predicted molar refractivity (Wildman–Crippen MR) is 128 cm³/mol. The molecule has 5 rings (SSSR count). The van der Waals surface area contributed by atoms with E-state index in [9.17, 15) is 4.39 Å². The van der Waals surface area contributed by atoms with Crippen LogP contribution in [0.3, 0.4) is 0 Å². The Morgan fingerprint density at radius 3 is 2.64 bits per heavy atom. The van der Waals surface area contributed by atoms with Gasteiger partial charge in [0.1, 0.15) is 5.82 Å². The Hall–Kier alpha value is -2.81. The number of benzene rings is 2. The molecule has 2 unspecified atom stereocenters. The lowest BCUT2D eigenvalue weighted by Crippen LogP contribution is -2.48. The van der Waals surface area contributed by atoms with Crippen LogP contribution in [0, 0.1) is 5.82 Å². The Morgan fingerprint density at radius 2 is 1.94 bits per heavy atom. The third kappa shape index (κ3) is 4.51. The number of hydrogen-bond donors (Lipinski definition) is 1. The Kier molecular flexibility index (Phi) is 6.14. The van der Waals surface area contributed by atoms with Gasteiger partial charge in [-0.15, -0.1) is 0 Å². The molecule has 0 amide bonds. The van der Waals surface area contributed by atoms with Crippen molar-refractivity contribution >= 4 is 34.5 Å². The molecule has 1 N–H and O–H groups in total. The van der Waals surface area contributed by atoms with E-state index in [1.165, 1.54) is 12.1 Å². The van der Waals surface area contributed by atoms with Crippen molar-refractivity contribution in [2.24, 2.45) is 0 Å². The molecule has 1 aromatic heterocycles. The summed E-state index contributed by atoms with van der Waals surface area (Å²) < 4.78 is 24.9. The molecule has 0 spiro atoms. The number of allylic oxidation sites excluding steroid dienone is 1. The van der Waals surface area contributed by atoms with Gasteiger partial charge >= 0.3 is 0 Å². The normalized spacial score (nSPS) is 20.9. The molecule has 3 heterocycles. The summed E-state index contributed by atoms with van der Waals surface area (Å²) in [7, 11) is 0. The molecule has 2 aliphatic rings. The first-order valence-electron chi connectivity index (χ1n) is 10.8. The van der Waals surface area contributed by atoms with E-state index in [1.807, 2.05) is 36.1 Å². The third-order valence-electron chi connectivity index (χ3n) is 5.97. The zero-order valence-electron chi connectivity index (χ0n) is 17.9. The molecular formula is C24H22ClFN4O2S. The standard InChI is InChI=1S/C24H22ClFN4O2S/c1-14-20(23-28-22(29-32-23)16-6-10-18(26)11-7-16)21(15-4-8-17(25)9-5-15)27-24(33)30(14)13-19-3-2-12-31-19/h4-11,19,21H,2-3,12-13H2,1H3,(H,27,33). The van der Waals surface area contributed by atoms with Crippen molar-refractivity contribution in [1.29, 1.82) is 0 Å². The highest BCUT2D eigenvalue weighted by Gasteiger charge is 2.35. The summed E-state index contributed by atoms with van der Waals surface area (Å²) in [6.45, 7) is 3.42. The molecule has 0 aliphatic carbocycles. The molecule has 0 saturated carbocycles. The Morgan fingerprint density at radius 1 is 1.18 bits per heavy atom. The summed E-state index contributed by atoms with van der Waals surface area (Å²) in [6, 6.07) is 13.3. The first kappa shape index (κ1) is 22.0. The van der Waals surface area contributed by atoms with Crippen LogP contribution in [0.4, 0.5) is 4.39 Å². The lowest BCUT2D eigenvalue weighted by Gasteiger charge is -2.38. The minimum atomic E-state index is -0.321. The van der Waals surface area contributed by atoms with Crippen molar-refractivity contribution in [1.82, 2.24) is 20.4 Å². The predicted octanol–water partition coefficient (Wildman–Crippen LogP) is 5.37. The lowest BCUT2D eigenvalue weighted by atomic mass is 9.94. The summed E-state index contributed by atoms with van der Waals surface area (Å²) >= 11 is 11.8. The second-order valence-electron chi connectivity index (χ2n) is 8.11. The number of rotatable bonds is 5. The number of nitrogens with one attached hydrogen (secondary N) is 1. The maximum atomic E-state index is 13.3. The van der Waals surface area contributed by atoms with Crippen molar-refractivity contribution in [3.05, 3.63) is 76.5 Å². The second kappa shape index (κ2) is 9.21. The molecule has 2 aliphatic heterocycles. The fourth-order valence-electron chi connectivity index (χ4n) is 4.22. The minimum Gasteiger partial charge on any atom is -0.376 e. The van der Waals surface area contributed by atoms with Crippen molar-refractivity contribution in [3.63, 3.8) is 0 Å². The molecule has 6 nitrogen and oxygen atoms in total. The summed E-state index contributed by atoms with van der Waals surface area (Å²) in [5.74, 6) is 0.441. The van der Waals surface area contributed by atoms with Crippen LogP contribution >= 0.6 is 23.8 Å². The number of ether oxygens (including phenoxy) is 1. The quantitative estimate of drug-likeness (QED) is 0.488. The van der Waals surface area contributed by atoms with Crippen molar-refractivity contribution in [3.8, 4) is 11.4 Å². The largest absolute Gasteiger partial charge is 0.376 e. The minimum absolute atomic E-state index is 0.116. The van der Waals surface area contributed by atoms with Gasteiger partial charge in [-0.25, -0.2) is 4.39 Å². The molecule has 170 valence electrons. The highest BCUT2D eigenvalue weighted by Crippen LogP contribution is 2.38. The van der Waals surface area contributed by atoms with Crippen LogP contribution in [0.15, 0.2) is 58.8 Å². The fraction of sp³-hybridized carbons (Fsp3) is 0.292. The van der Waals surface area contributed by atoms with Crippen molar-refractivity contribution in [2.75, 3.05) is 13.2 Å². The van der Waals surface area contributed by atoms with Crippen LogP contribution < -0.4 is 5.32 Å². The van der Waals surface area contributed by atoms with Gasteiger partial charge in [-0.1, -0.05) is 28.9 Å². The van der Waals surface area contributed by atoms with Crippen LogP contribution in [0.25, 0.3) is 17.0 Å². The van der Waals surface area contributed by atoms with E-state index in [0.717, 1.165) is 36.3 Å². The van der Waals surface area contributed by atoms with E-state index in [2.05, 4.69) is 15.5 Å².